The van der Waals surface area contributed by atoms with Gasteiger partial charge in [-0.25, -0.2) is 0 Å². The summed E-state index contributed by atoms with van der Waals surface area (Å²) in [5, 5.41) is 12.2. The van der Waals surface area contributed by atoms with Crippen molar-refractivity contribution in [3.8, 4) is 33.6 Å². The smallest absolute Gasteiger partial charge is 0.137 e. The maximum absolute atomic E-state index is 6.58. The van der Waals surface area contributed by atoms with Gasteiger partial charge in [-0.05, 0) is 80.9 Å². The van der Waals surface area contributed by atoms with Crippen LogP contribution in [0.4, 0.5) is 0 Å². The third-order valence-corrected chi connectivity index (χ3v) is 11.8. The van der Waals surface area contributed by atoms with Gasteiger partial charge in [0, 0.05) is 38.0 Å². The summed E-state index contributed by atoms with van der Waals surface area (Å²) in [6, 6.07) is 62.3. The summed E-state index contributed by atoms with van der Waals surface area (Å²) >= 11 is 0. The highest BCUT2D eigenvalue weighted by Gasteiger charge is 2.27. The minimum atomic E-state index is 0.896. The zero-order valence-electron chi connectivity index (χ0n) is 28.5. The van der Waals surface area contributed by atoms with E-state index < -0.39 is 0 Å². The van der Waals surface area contributed by atoms with Gasteiger partial charge in [0.2, 0.25) is 0 Å². The van der Waals surface area contributed by atoms with E-state index >= 15 is 0 Å². The quantitative estimate of drug-likeness (QED) is 0.179. The van der Waals surface area contributed by atoms with Gasteiger partial charge in [-0.3, -0.25) is 0 Å². The molecule has 9 aromatic carbocycles. The Balaban J connectivity index is 1.29. The lowest BCUT2D eigenvalue weighted by Gasteiger charge is -2.16. The molecule has 1 aliphatic rings. The van der Waals surface area contributed by atoms with Crippen LogP contribution in [0.15, 0.2) is 174 Å². The Bertz CT molecular complexity index is 3540. The van der Waals surface area contributed by atoms with Crippen LogP contribution in [0.25, 0.3) is 121 Å². The van der Waals surface area contributed by atoms with Crippen molar-refractivity contribution in [1.29, 1.82) is 0 Å². The molecule has 12 aromatic rings. The van der Waals surface area contributed by atoms with Crippen LogP contribution in [0.3, 0.4) is 0 Å². The fraction of sp³-hybridized carbons (Fsp3) is 0. The van der Waals surface area contributed by atoms with E-state index in [1.54, 1.807) is 0 Å². The highest BCUT2D eigenvalue weighted by Crippen LogP contribution is 2.51. The first-order valence-electron chi connectivity index (χ1n) is 18.3. The molecule has 0 spiro atoms. The maximum atomic E-state index is 6.58. The molecule has 0 aliphatic heterocycles. The molecular formula is C50H28N2O. The van der Waals surface area contributed by atoms with Crippen molar-refractivity contribution < 1.29 is 4.42 Å². The zero-order chi connectivity index (χ0) is 34.4. The Labute approximate surface area is 303 Å². The largest absolute Gasteiger partial charge is 0.456 e. The van der Waals surface area contributed by atoms with Crippen molar-refractivity contribution >= 4 is 87.1 Å². The number of nitrogens with zero attached hydrogens (tertiary/aromatic N) is 2. The van der Waals surface area contributed by atoms with Gasteiger partial charge in [-0.15, -0.1) is 0 Å². The number of rotatable bonds is 2. The Morgan fingerprint density at radius 2 is 0.981 bits per heavy atom. The van der Waals surface area contributed by atoms with Crippen molar-refractivity contribution in [3.63, 3.8) is 0 Å². The van der Waals surface area contributed by atoms with E-state index in [9.17, 15) is 0 Å². The molecule has 0 N–H and O–H groups in total. The van der Waals surface area contributed by atoms with Gasteiger partial charge in [0.05, 0.1) is 33.1 Å². The van der Waals surface area contributed by atoms with Crippen LogP contribution in [0.1, 0.15) is 0 Å². The van der Waals surface area contributed by atoms with E-state index in [2.05, 4.69) is 179 Å². The molecule has 3 aromatic heterocycles. The SMILES string of the molecule is c1ccc2c(c1)-c1cccc3c(-n4c5c(ccc6oc7ccccc7c65)c5ccc6c7ccccc7n(-c7ccc8ccccc8c7)c6c54)ccc-2c13. The van der Waals surface area contributed by atoms with E-state index in [1.807, 2.05) is 0 Å². The van der Waals surface area contributed by atoms with Crippen LogP contribution in [0, 0.1) is 0 Å². The zero-order valence-corrected chi connectivity index (χ0v) is 28.5. The summed E-state index contributed by atoms with van der Waals surface area (Å²) in [6.07, 6.45) is 0. The summed E-state index contributed by atoms with van der Waals surface area (Å²) in [7, 11) is 0. The minimum Gasteiger partial charge on any atom is -0.456 e. The Morgan fingerprint density at radius 3 is 1.87 bits per heavy atom. The fourth-order valence-electron chi connectivity index (χ4n) is 9.66. The molecule has 1 aliphatic carbocycles. The van der Waals surface area contributed by atoms with E-state index in [4.69, 9.17) is 4.42 Å². The molecule has 0 amide bonds. The van der Waals surface area contributed by atoms with Gasteiger partial charge in [0.25, 0.3) is 0 Å². The van der Waals surface area contributed by atoms with Crippen LogP contribution >= 0.6 is 0 Å². The molecule has 53 heavy (non-hydrogen) atoms. The second-order valence-electron chi connectivity index (χ2n) is 14.4. The summed E-state index contributed by atoms with van der Waals surface area (Å²) < 4.78 is 11.6. The molecule has 3 heteroatoms. The standard InChI is InChI=1S/C50H28N2O/c1-2-11-30-28-31(21-20-29(30)10-1)51-42-18-7-5-14-34(42)37-22-23-39-38-25-27-45-47(41-15-6-8-19-44(41)53-45)48(38)52(50(39)49(37)51)43-26-24-36-33-13-4-3-12-32(33)35-16-9-17-40(43)46(35)36/h1-28H. The Hall–Kier alpha value is -7.10. The number of aromatic nitrogens is 2. The molecular weight excluding hydrogens is 645 g/mol. The van der Waals surface area contributed by atoms with E-state index in [1.165, 1.54) is 93.1 Å². The van der Waals surface area contributed by atoms with Crippen LogP contribution < -0.4 is 0 Å². The molecule has 0 saturated carbocycles. The highest BCUT2D eigenvalue weighted by molar-refractivity contribution is 6.30. The molecule has 0 unspecified atom stereocenters. The summed E-state index contributed by atoms with van der Waals surface area (Å²) in [6.45, 7) is 0. The van der Waals surface area contributed by atoms with E-state index in [-0.39, 0.29) is 0 Å². The third kappa shape index (κ3) is 3.44. The summed E-state index contributed by atoms with van der Waals surface area (Å²) in [5.41, 5.74) is 14.1. The number of para-hydroxylation sites is 2. The van der Waals surface area contributed by atoms with Crippen LogP contribution in [0.5, 0.6) is 0 Å². The molecule has 0 bridgehead atoms. The molecule has 0 fully saturated rings. The topological polar surface area (TPSA) is 23.0 Å². The van der Waals surface area contributed by atoms with Crippen molar-refractivity contribution in [3.05, 3.63) is 170 Å². The highest BCUT2D eigenvalue weighted by atomic mass is 16.3. The van der Waals surface area contributed by atoms with Crippen molar-refractivity contribution in [2.45, 2.75) is 0 Å². The lowest BCUT2D eigenvalue weighted by atomic mass is 10.0. The molecule has 3 heterocycles. The first-order valence-corrected chi connectivity index (χ1v) is 18.3. The Morgan fingerprint density at radius 1 is 0.340 bits per heavy atom. The monoisotopic (exact) mass is 672 g/mol. The summed E-state index contributed by atoms with van der Waals surface area (Å²) in [4.78, 5) is 0. The van der Waals surface area contributed by atoms with Crippen molar-refractivity contribution in [1.82, 2.24) is 9.13 Å². The number of hydrogen-bond acceptors (Lipinski definition) is 1. The second kappa shape index (κ2) is 9.81. The predicted molar refractivity (Wildman–Crippen MR) is 222 cm³/mol. The molecule has 0 radical (unpaired) electrons. The van der Waals surface area contributed by atoms with Crippen molar-refractivity contribution in [2.24, 2.45) is 0 Å². The molecule has 13 rings (SSSR count). The molecule has 244 valence electrons. The number of benzene rings is 9. The van der Waals surface area contributed by atoms with Gasteiger partial charge < -0.3 is 13.6 Å². The van der Waals surface area contributed by atoms with E-state index in [0.29, 0.717) is 0 Å². The summed E-state index contributed by atoms with van der Waals surface area (Å²) in [5.74, 6) is 0. The van der Waals surface area contributed by atoms with Gasteiger partial charge in [-0.1, -0.05) is 127 Å². The van der Waals surface area contributed by atoms with Crippen LogP contribution in [-0.4, -0.2) is 9.13 Å². The lowest BCUT2D eigenvalue weighted by molar-refractivity contribution is 0.669. The molecule has 0 atom stereocenters. The average molecular weight is 673 g/mol. The molecule has 3 nitrogen and oxygen atoms in total. The minimum absolute atomic E-state index is 0.896. The Kier molecular flexibility index (Phi) is 5.11. The van der Waals surface area contributed by atoms with Gasteiger partial charge in [0.15, 0.2) is 0 Å². The van der Waals surface area contributed by atoms with Gasteiger partial charge in [0.1, 0.15) is 11.2 Å². The average Bonchev–Trinajstić information content (AvgIpc) is 3.95. The third-order valence-electron chi connectivity index (χ3n) is 11.8. The second-order valence-corrected chi connectivity index (χ2v) is 14.4. The van der Waals surface area contributed by atoms with Crippen LogP contribution in [0.2, 0.25) is 0 Å². The maximum Gasteiger partial charge on any atom is 0.137 e. The lowest BCUT2D eigenvalue weighted by Crippen LogP contribution is -2.00. The van der Waals surface area contributed by atoms with Crippen LogP contribution in [-0.2, 0) is 0 Å². The fourth-order valence-corrected chi connectivity index (χ4v) is 9.66. The van der Waals surface area contributed by atoms with E-state index in [0.717, 1.165) is 27.6 Å². The number of furan rings is 1. The predicted octanol–water partition coefficient (Wildman–Crippen LogP) is 13.7. The van der Waals surface area contributed by atoms with Crippen molar-refractivity contribution in [2.75, 3.05) is 0 Å². The van der Waals surface area contributed by atoms with Gasteiger partial charge >= 0.3 is 0 Å². The number of hydrogen-bond donors (Lipinski definition) is 0. The first-order chi connectivity index (χ1) is 26.3. The molecule has 0 saturated heterocycles. The number of fused-ring (bicyclic) bond motifs is 15. The van der Waals surface area contributed by atoms with Gasteiger partial charge in [-0.2, -0.15) is 0 Å². The normalized spacial score (nSPS) is 12.5. The first kappa shape index (κ1) is 27.6.